The van der Waals surface area contributed by atoms with Gasteiger partial charge in [-0.3, -0.25) is 4.79 Å². The largest absolute Gasteiger partial charge is 0.497 e. The second kappa shape index (κ2) is 8.58. The number of aromatic nitrogens is 2. The highest BCUT2D eigenvalue weighted by atomic mass is 35.5. The molecule has 28 heavy (non-hydrogen) atoms. The predicted octanol–water partition coefficient (Wildman–Crippen LogP) is 4.45. The number of rotatable bonds is 6. The number of benzene rings is 2. The van der Waals surface area contributed by atoms with Crippen molar-refractivity contribution in [1.82, 2.24) is 9.97 Å². The number of hydrogen-bond donors (Lipinski definition) is 2. The van der Waals surface area contributed by atoms with Gasteiger partial charge in [0.15, 0.2) is 0 Å². The van der Waals surface area contributed by atoms with Crippen LogP contribution in [0.4, 0.5) is 17.2 Å². The van der Waals surface area contributed by atoms with Crippen molar-refractivity contribution in [3.8, 4) is 11.5 Å². The van der Waals surface area contributed by atoms with Crippen molar-refractivity contribution in [1.29, 1.82) is 0 Å². The number of amides is 1. The minimum absolute atomic E-state index is 0.172. The van der Waals surface area contributed by atoms with E-state index in [1.165, 1.54) is 19.5 Å². The molecule has 0 unspecified atom stereocenters. The van der Waals surface area contributed by atoms with Crippen LogP contribution in [0.3, 0.4) is 0 Å². The van der Waals surface area contributed by atoms with Crippen LogP contribution in [0.15, 0.2) is 48.8 Å². The van der Waals surface area contributed by atoms with Crippen LogP contribution in [0.2, 0.25) is 5.02 Å². The number of ether oxygens (including phenoxy) is 2. The van der Waals surface area contributed by atoms with Gasteiger partial charge >= 0.3 is 0 Å². The molecular formula is C20H19ClN4O3. The Labute approximate surface area is 167 Å². The first-order valence-electron chi connectivity index (χ1n) is 8.38. The van der Waals surface area contributed by atoms with Crippen LogP contribution in [0.5, 0.6) is 11.5 Å². The minimum Gasteiger partial charge on any atom is -0.497 e. The SMILES string of the molecule is COc1ccc(NC(=O)c2cnc(Nc3cc(Cl)ccc3C)cn2)c(OC)c1. The molecule has 0 aliphatic heterocycles. The Hall–Kier alpha value is -3.32. The molecular weight excluding hydrogens is 380 g/mol. The van der Waals surface area contributed by atoms with Crippen LogP contribution in [0, 0.1) is 6.92 Å². The van der Waals surface area contributed by atoms with Gasteiger partial charge in [-0.05, 0) is 36.8 Å². The van der Waals surface area contributed by atoms with Crippen LogP contribution < -0.4 is 20.1 Å². The van der Waals surface area contributed by atoms with Gasteiger partial charge in [0.1, 0.15) is 23.0 Å². The monoisotopic (exact) mass is 398 g/mol. The summed E-state index contributed by atoms with van der Waals surface area (Å²) in [6.45, 7) is 1.95. The Bertz CT molecular complexity index is 993. The number of nitrogens with one attached hydrogen (secondary N) is 2. The molecule has 0 spiro atoms. The summed E-state index contributed by atoms with van der Waals surface area (Å²) in [5.74, 6) is 1.21. The maximum absolute atomic E-state index is 12.5. The van der Waals surface area contributed by atoms with Crippen LogP contribution in [-0.4, -0.2) is 30.1 Å². The van der Waals surface area contributed by atoms with Gasteiger partial charge < -0.3 is 20.1 Å². The molecule has 7 nitrogen and oxygen atoms in total. The Kier molecular flexibility index (Phi) is 5.96. The van der Waals surface area contributed by atoms with Crippen molar-refractivity contribution in [2.24, 2.45) is 0 Å². The van der Waals surface area contributed by atoms with Gasteiger partial charge in [0.2, 0.25) is 0 Å². The van der Waals surface area contributed by atoms with Crippen molar-refractivity contribution < 1.29 is 14.3 Å². The minimum atomic E-state index is -0.401. The van der Waals surface area contributed by atoms with Crippen molar-refractivity contribution in [2.75, 3.05) is 24.9 Å². The molecule has 0 fully saturated rings. The standard InChI is InChI=1S/C20H19ClN4O3/c1-12-4-5-13(21)8-16(12)24-19-11-22-17(10-23-19)20(26)25-15-7-6-14(27-2)9-18(15)28-3/h4-11H,1-3H3,(H,23,24)(H,25,26). The summed E-state index contributed by atoms with van der Waals surface area (Å²) in [6.07, 6.45) is 2.88. The Morgan fingerprint density at radius 2 is 1.82 bits per heavy atom. The van der Waals surface area contributed by atoms with E-state index in [1.807, 2.05) is 19.1 Å². The molecule has 0 saturated heterocycles. The molecule has 144 valence electrons. The molecule has 1 amide bonds. The number of aryl methyl sites for hydroxylation is 1. The molecule has 3 rings (SSSR count). The Morgan fingerprint density at radius 1 is 1.00 bits per heavy atom. The van der Waals surface area contributed by atoms with Gasteiger partial charge in [-0.2, -0.15) is 0 Å². The molecule has 0 radical (unpaired) electrons. The Balaban J connectivity index is 1.73. The van der Waals surface area contributed by atoms with Crippen molar-refractivity contribution in [3.05, 3.63) is 65.1 Å². The van der Waals surface area contributed by atoms with Crippen LogP contribution >= 0.6 is 11.6 Å². The third kappa shape index (κ3) is 4.50. The summed E-state index contributed by atoms with van der Waals surface area (Å²) in [4.78, 5) is 20.9. The summed E-state index contributed by atoms with van der Waals surface area (Å²) < 4.78 is 10.4. The number of carbonyl (C=O) groups is 1. The van der Waals surface area contributed by atoms with E-state index < -0.39 is 5.91 Å². The average Bonchev–Trinajstić information content (AvgIpc) is 2.71. The molecule has 1 heterocycles. The lowest BCUT2D eigenvalue weighted by atomic mass is 10.2. The first-order valence-corrected chi connectivity index (χ1v) is 8.76. The van der Waals surface area contributed by atoms with Crippen LogP contribution in [0.25, 0.3) is 0 Å². The van der Waals surface area contributed by atoms with Crippen LogP contribution in [-0.2, 0) is 0 Å². The fraction of sp³-hybridized carbons (Fsp3) is 0.150. The molecule has 0 aliphatic carbocycles. The number of hydrogen-bond acceptors (Lipinski definition) is 6. The smallest absolute Gasteiger partial charge is 0.275 e. The quantitative estimate of drug-likeness (QED) is 0.638. The lowest BCUT2D eigenvalue weighted by Crippen LogP contribution is -2.15. The zero-order chi connectivity index (χ0) is 20.1. The third-order valence-corrected chi connectivity index (χ3v) is 4.24. The average molecular weight is 399 g/mol. The topological polar surface area (TPSA) is 85.4 Å². The fourth-order valence-electron chi connectivity index (χ4n) is 2.46. The van der Waals surface area contributed by atoms with Gasteiger partial charge in [0.25, 0.3) is 5.91 Å². The highest BCUT2D eigenvalue weighted by Crippen LogP contribution is 2.29. The lowest BCUT2D eigenvalue weighted by molar-refractivity contribution is 0.102. The lowest BCUT2D eigenvalue weighted by Gasteiger charge is -2.12. The summed E-state index contributed by atoms with van der Waals surface area (Å²) in [6, 6.07) is 10.6. The second-order valence-corrected chi connectivity index (χ2v) is 6.33. The number of halogens is 1. The van der Waals surface area contributed by atoms with Gasteiger partial charge in [-0.15, -0.1) is 0 Å². The van der Waals surface area contributed by atoms with Crippen molar-refractivity contribution in [3.63, 3.8) is 0 Å². The number of anilines is 3. The Morgan fingerprint density at radius 3 is 2.50 bits per heavy atom. The number of nitrogens with zero attached hydrogens (tertiary/aromatic N) is 2. The zero-order valence-corrected chi connectivity index (χ0v) is 16.4. The second-order valence-electron chi connectivity index (χ2n) is 5.89. The highest BCUT2D eigenvalue weighted by molar-refractivity contribution is 6.30. The summed E-state index contributed by atoms with van der Waals surface area (Å²) >= 11 is 6.02. The van der Waals surface area contributed by atoms with E-state index in [2.05, 4.69) is 20.6 Å². The maximum Gasteiger partial charge on any atom is 0.275 e. The van der Waals surface area contributed by atoms with Crippen LogP contribution in [0.1, 0.15) is 16.1 Å². The fourth-order valence-corrected chi connectivity index (χ4v) is 2.64. The molecule has 3 aromatic rings. The first kappa shape index (κ1) is 19.4. The molecule has 2 aromatic carbocycles. The molecule has 0 saturated carbocycles. The zero-order valence-electron chi connectivity index (χ0n) is 15.6. The third-order valence-electron chi connectivity index (χ3n) is 4.00. The highest BCUT2D eigenvalue weighted by Gasteiger charge is 2.13. The van der Waals surface area contributed by atoms with Gasteiger partial charge in [-0.25, -0.2) is 9.97 Å². The first-order chi connectivity index (χ1) is 13.5. The molecule has 8 heteroatoms. The molecule has 0 aliphatic rings. The molecule has 2 N–H and O–H groups in total. The van der Waals surface area contributed by atoms with E-state index in [0.717, 1.165) is 11.3 Å². The van der Waals surface area contributed by atoms with Crippen molar-refractivity contribution >= 4 is 34.7 Å². The van der Waals surface area contributed by atoms with E-state index >= 15 is 0 Å². The van der Waals surface area contributed by atoms with Gasteiger partial charge in [0, 0.05) is 16.8 Å². The predicted molar refractivity (Wildman–Crippen MR) is 109 cm³/mol. The molecule has 1 aromatic heterocycles. The summed E-state index contributed by atoms with van der Waals surface area (Å²) in [7, 11) is 3.08. The van der Waals surface area contributed by atoms with E-state index in [0.29, 0.717) is 28.0 Å². The number of carbonyl (C=O) groups excluding carboxylic acids is 1. The van der Waals surface area contributed by atoms with Crippen molar-refractivity contribution in [2.45, 2.75) is 6.92 Å². The molecule has 0 atom stereocenters. The van der Waals surface area contributed by atoms with Gasteiger partial charge in [-0.1, -0.05) is 17.7 Å². The summed E-state index contributed by atoms with van der Waals surface area (Å²) in [5.41, 5.74) is 2.51. The van der Waals surface area contributed by atoms with Gasteiger partial charge in [0.05, 0.1) is 32.3 Å². The summed E-state index contributed by atoms with van der Waals surface area (Å²) in [5, 5.41) is 6.51. The van der Waals surface area contributed by atoms with E-state index in [4.69, 9.17) is 21.1 Å². The maximum atomic E-state index is 12.5. The molecule has 0 bridgehead atoms. The van der Waals surface area contributed by atoms with E-state index in [1.54, 1.807) is 31.4 Å². The normalized spacial score (nSPS) is 10.3. The van der Waals surface area contributed by atoms with E-state index in [9.17, 15) is 4.79 Å². The number of methoxy groups -OCH3 is 2. The van der Waals surface area contributed by atoms with E-state index in [-0.39, 0.29) is 5.69 Å².